The molecule has 0 rings (SSSR count). The highest BCUT2D eigenvalue weighted by atomic mass is 31.2. The third-order valence-corrected chi connectivity index (χ3v) is 19.4. The van der Waals surface area contributed by atoms with Crippen molar-refractivity contribution < 1.29 is 42.1 Å². The molecule has 0 aromatic rings. The Morgan fingerprint density at radius 3 is 0.736 bits per heavy atom. The molecule has 0 amide bonds. The van der Waals surface area contributed by atoms with Crippen LogP contribution in [0.25, 0.3) is 0 Å². The molecule has 1 N–H and O–H groups in total. The molecule has 0 saturated carbocycles. The summed E-state index contributed by atoms with van der Waals surface area (Å²) < 4.78 is 34.8. The lowest BCUT2D eigenvalue weighted by Gasteiger charge is -2.24. The highest BCUT2D eigenvalue weighted by Gasteiger charge is 2.27. The standard InChI is InChI=1S/C77H154NO8P/c1-6-8-10-12-14-16-18-20-22-24-26-28-30-32-33-34-35-36-37-38-39-40-41-42-43-44-46-48-50-52-54-56-58-60-62-64-66-68-70-77(80)86-75(74-85-87(81,82)84-72-71-78(3,4)5)73-83-76(79)69-67-65-63-61-59-57-55-53-51-49-47-45-31-29-27-25-23-21-19-17-15-13-11-9-7-2/h75H,6-74H2,1-5H3/p+1. The second kappa shape index (κ2) is 69.4. The van der Waals surface area contributed by atoms with Gasteiger partial charge in [0.25, 0.3) is 0 Å². The number of carbonyl (C=O) groups is 2. The molecule has 0 fully saturated rings. The van der Waals surface area contributed by atoms with Gasteiger partial charge in [-0.1, -0.05) is 406 Å². The number of esters is 2. The van der Waals surface area contributed by atoms with Crippen LogP contribution >= 0.6 is 7.82 Å². The zero-order chi connectivity index (χ0) is 63.4. The molecule has 0 aliphatic carbocycles. The van der Waals surface area contributed by atoms with E-state index >= 15 is 0 Å². The number of nitrogens with zero attached hydrogens (tertiary/aromatic N) is 1. The molecule has 520 valence electrons. The van der Waals surface area contributed by atoms with Crippen LogP contribution in [0.15, 0.2) is 0 Å². The zero-order valence-corrected chi connectivity index (χ0v) is 60.5. The summed E-state index contributed by atoms with van der Waals surface area (Å²) in [6.45, 7) is 4.54. The number of phosphoric ester groups is 1. The van der Waals surface area contributed by atoms with E-state index in [1.165, 1.54) is 366 Å². The minimum atomic E-state index is -4.39. The first-order valence-electron chi connectivity index (χ1n) is 39.3. The second-order valence-corrected chi connectivity index (χ2v) is 29.9. The molecule has 0 aromatic carbocycles. The van der Waals surface area contributed by atoms with Gasteiger partial charge in [0.2, 0.25) is 0 Å². The summed E-state index contributed by atoms with van der Waals surface area (Å²) in [5, 5.41) is 0. The molecule has 9 nitrogen and oxygen atoms in total. The van der Waals surface area contributed by atoms with Crippen molar-refractivity contribution in [2.75, 3.05) is 47.5 Å². The SMILES string of the molecule is CCCCCCCCCCCCCCCCCCCCCCCCCCCCCCCCCCCCCCCCC(=O)OC(COC(=O)CCCCCCCCCCCCCCCCCCCCCCCCCCC)COP(=O)(O)OCC[N+](C)(C)C. The third-order valence-electron chi connectivity index (χ3n) is 18.4. The van der Waals surface area contributed by atoms with Crippen LogP contribution in [-0.2, 0) is 32.7 Å². The lowest BCUT2D eigenvalue weighted by atomic mass is 10.0. The number of hydrogen-bond acceptors (Lipinski definition) is 7. The van der Waals surface area contributed by atoms with Gasteiger partial charge in [-0.2, -0.15) is 0 Å². The van der Waals surface area contributed by atoms with Gasteiger partial charge < -0.3 is 18.9 Å². The number of rotatable bonds is 75. The predicted molar refractivity (Wildman–Crippen MR) is 377 cm³/mol. The summed E-state index contributed by atoms with van der Waals surface area (Å²) >= 11 is 0. The third kappa shape index (κ3) is 73.9. The fourth-order valence-corrected chi connectivity index (χ4v) is 13.1. The summed E-state index contributed by atoms with van der Waals surface area (Å²) in [5.74, 6) is -0.765. The number of ether oxygens (including phenoxy) is 2. The topological polar surface area (TPSA) is 108 Å². The van der Waals surface area contributed by atoms with Crippen LogP contribution < -0.4 is 0 Å². The minimum Gasteiger partial charge on any atom is -0.462 e. The van der Waals surface area contributed by atoms with Gasteiger partial charge >= 0.3 is 19.8 Å². The average molecular weight is 1250 g/mol. The van der Waals surface area contributed by atoms with Crippen LogP contribution in [-0.4, -0.2) is 74.9 Å². The Labute approximate surface area is 544 Å². The van der Waals surface area contributed by atoms with E-state index in [-0.39, 0.29) is 25.6 Å². The summed E-state index contributed by atoms with van der Waals surface area (Å²) in [5.41, 5.74) is 0. The number of carbonyl (C=O) groups excluding carboxylic acids is 2. The molecule has 0 bridgehead atoms. The van der Waals surface area contributed by atoms with Crippen molar-refractivity contribution in [3.8, 4) is 0 Å². The Bertz CT molecular complexity index is 1420. The molecular weight excluding hydrogens is 1100 g/mol. The maximum Gasteiger partial charge on any atom is 0.472 e. The Kier molecular flexibility index (Phi) is 68.6. The van der Waals surface area contributed by atoms with Gasteiger partial charge in [0.15, 0.2) is 6.10 Å². The first kappa shape index (κ1) is 86.0. The van der Waals surface area contributed by atoms with Gasteiger partial charge in [-0.15, -0.1) is 0 Å². The fourth-order valence-electron chi connectivity index (χ4n) is 12.4. The molecule has 2 atom stereocenters. The Morgan fingerprint density at radius 2 is 0.517 bits per heavy atom. The van der Waals surface area contributed by atoms with Crippen LogP contribution in [0.5, 0.6) is 0 Å². The van der Waals surface area contributed by atoms with Gasteiger partial charge in [-0.3, -0.25) is 18.6 Å². The molecule has 0 spiro atoms. The van der Waals surface area contributed by atoms with E-state index in [4.69, 9.17) is 18.5 Å². The number of likely N-dealkylation sites (N-methyl/N-ethyl adjacent to an activating group) is 1. The number of unbranched alkanes of at least 4 members (excludes halogenated alkanes) is 61. The number of hydrogen-bond donors (Lipinski definition) is 1. The van der Waals surface area contributed by atoms with E-state index in [1.807, 2.05) is 21.1 Å². The van der Waals surface area contributed by atoms with E-state index in [2.05, 4.69) is 13.8 Å². The van der Waals surface area contributed by atoms with Crippen molar-refractivity contribution in [2.24, 2.45) is 0 Å². The van der Waals surface area contributed by atoms with E-state index in [1.54, 1.807) is 0 Å². The van der Waals surface area contributed by atoms with Crippen molar-refractivity contribution >= 4 is 19.8 Å². The molecule has 0 radical (unpaired) electrons. The highest BCUT2D eigenvalue weighted by Crippen LogP contribution is 2.43. The van der Waals surface area contributed by atoms with Crippen molar-refractivity contribution in [1.29, 1.82) is 0 Å². The normalized spacial score (nSPS) is 12.9. The van der Waals surface area contributed by atoms with Crippen LogP contribution in [0.3, 0.4) is 0 Å². The van der Waals surface area contributed by atoms with Crippen molar-refractivity contribution in [1.82, 2.24) is 0 Å². The first-order valence-corrected chi connectivity index (χ1v) is 40.8. The molecular formula is C77H155NO8P+. The maximum absolute atomic E-state index is 12.9. The van der Waals surface area contributed by atoms with E-state index in [0.29, 0.717) is 17.4 Å². The number of quaternary nitrogens is 1. The molecule has 10 heteroatoms. The van der Waals surface area contributed by atoms with Gasteiger partial charge in [-0.05, 0) is 12.8 Å². The molecule has 0 aliphatic heterocycles. The smallest absolute Gasteiger partial charge is 0.462 e. The Balaban J connectivity index is 3.87. The summed E-state index contributed by atoms with van der Waals surface area (Å²) in [7, 11) is 1.51. The largest absolute Gasteiger partial charge is 0.472 e. The fraction of sp³-hybridized carbons (Fsp3) is 0.974. The molecule has 0 saturated heterocycles. The first-order chi connectivity index (χ1) is 42.5. The van der Waals surface area contributed by atoms with Crippen molar-refractivity contribution in [2.45, 2.75) is 437 Å². The van der Waals surface area contributed by atoms with Crippen LogP contribution in [0.2, 0.25) is 0 Å². The Morgan fingerprint density at radius 1 is 0.310 bits per heavy atom. The summed E-state index contributed by atoms with van der Waals surface area (Å²) in [4.78, 5) is 35.9. The summed E-state index contributed by atoms with van der Waals surface area (Å²) in [6.07, 6.45) is 85.4. The molecule has 87 heavy (non-hydrogen) atoms. The van der Waals surface area contributed by atoms with Crippen LogP contribution in [0, 0.1) is 0 Å². The van der Waals surface area contributed by atoms with Gasteiger partial charge in [0.1, 0.15) is 19.8 Å². The quantitative estimate of drug-likeness (QED) is 0.0278. The van der Waals surface area contributed by atoms with Crippen LogP contribution in [0.1, 0.15) is 431 Å². The minimum absolute atomic E-state index is 0.0378. The van der Waals surface area contributed by atoms with Crippen molar-refractivity contribution in [3.63, 3.8) is 0 Å². The van der Waals surface area contributed by atoms with E-state index in [9.17, 15) is 19.0 Å². The van der Waals surface area contributed by atoms with Gasteiger partial charge in [0, 0.05) is 12.8 Å². The zero-order valence-electron chi connectivity index (χ0n) is 59.6. The molecule has 0 aliphatic rings. The van der Waals surface area contributed by atoms with Crippen LogP contribution in [0.4, 0.5) is 0 Å². The molecule has 2 unspecified atom stereocenters. The molecule has 0 aromatic heterocycles. The highest BCUT2D eigenvalue weighted by molar-refractivity contribution is 7.47. The predicted octanol–water partition coefficient (Wildman–Crippen LogP) is 25.7. The van der Waals surface area contributed by atoms with Gasteiger partial charge in [-0.25, -0.2) is 4.57 Å². The molecule has 0 heterocycles. The average Bonchev–Trinajstić information content (AvgIpc) is 3.65. The Hall–Kier alpha value is -0.990. The lowest BCUT2D eigenvalue weighted by molar-refractivity contribution is -0.870. The van der Waals surface area contributed by atoms with E-state index < -0.39 is 26.5 Å². The van der Waals surface area contributed by atoms with Gasteiger partial charge in [0.05, 0.1) is 27.7 Å². The lowest BCUT2D eigenvalue weighted by Crippen LogP contribution is -2.37. The second-order valence-electron chi connectivity index (χ2n) is 28.5. The summed E-state index contributed by atoms with van der Waals surface area (Å²) in [6, 6.07) is 0. The van der Waals surface area contributed by atoms with E-state index in [0.717, 1.165) is 38.5 Å². The number of phosphoric acid groups is 1. The van der Waals surface area contributed by atoms with Crippen molar-refractivity contribution in [3.05, 3.63) is 0 Å². The monoisotopic (exact) mass is 1250 g/mol. The maximum atomic E-state index is 12.9.